The van der Waals surface area contributed by atoms with Crippen molar-refractivity contribution in [1.82, 2.24) is 0 Å². The van der Waals surface area contributed by atoms with Gasteiger partial charge in [0.2, 0.25) is 0 Å². The Balaban J connectivity index is 3.82. The summed E-state index contributed by atoms with van der Waals surface area (Å²) in [6, 6.07) is 0. The Bertz CT molecular complexity index is 168. The molecule has 0 atom stereocenters. The lowest BCUT2D eigenvalue weighted by atomic mass is 10.3. The molecule has 0 heterocycles. The van der Waals surface area contributed by atoms with Gasteiger partial charge >= 0.3 is 0 Å². The van der Waals surface area contributed by atoms with Crippen LogP contribution in [0.3, 0.4) is 0 Å². The van der Waals surface area contributed by atoms with Gasteiger partial charge in [0.05, 0.1) is 0 Å². The fraction of sp³-hybridized carbons (Fsp3) is 0.375. The van der Waals surface area contributed by atoms with Crippen molar-refractivity contribution in [3.05, 3.63) is 24.4 Å². The number of allylic oxidation sites excluding steroid dienone is 2. The van der Waals surface area contributed by atoms with Gasteiger partial charge in [-0.1, -0.05) is 29.8 Å². The van der Waals surface area contributed by atoms with Crippen molar-refractivity contribution in [2.75, 3.05) is 0 Å². The predicted molar refractivity (Wildman–Crippen MR) is 47.5 cm³/mol. The minimum atomic E-state index is 0.589. The number of hydrogen-bond acceptors (Lipinski definition) is 1. The molecule has 0 unspecified atom stereocenters. The van der Waals surface area contributed by atoms with Gasteiger partial charge in [0.15, 0.2) is 0 Å². The summed E-state index contributed by atoms with van der Waals surface area (Å²) in [5.41, 5.74) is 1.03. The molecule has 0 saturated heterocycles. The minimum Gasteiger partial charge on any atom is -0.249 e. The molecule has 0 fully saturated rings. The Kier molecular flexibility index (Phi) is 4.95. The van der Waals surface area contributed by atoms with Gasteiger partial charge in [-0.05, 0) is 13.8 Å². The average Bonchev–Trinajstić information content (AvgIpc) is 1.82. The van der Waals surface area contributed by atoms with Gasteiger partial charge in [0.25, 0.3) is 0 Å². The van der Waals surface area contributed by atoms with E-state index in [2.05, 4.69) is 11.6 Å². The summed E-state index contributed by atoms with van der Waals surface area (Å²) >= 11 is 5.69. The number of halogens is 1. The monoisotopic (exact) mass is 157 g/mol. The van der Waals surface area contributed by atoms with E-state index in [1.165, 1.54) is 0 Å². The SMILES string of the molecule is C=C(C)CC(Cl)=N/C=C\C. The maximum absolute atomic E-state index is 5.69. The molecule has 0 aliphatic heterocycles. The second kappa shape index (κ2) is 5.24. The topological polar surface area (TPSA) is 12.4 Å². The fourth-order valence-corrected chi connectivity index (χ4v) is 0.735. The van der Waals surface area contributed by atoms with Crippen LogP contribution in [-0.4, -0.2) is 5.17 Å². The summed E-state index contributed by atoms with van der Waals surface area (Å²) in [5, 5.41) is 0.589. The van der Waals surface area contributed by atoms with E-state index in [1.807, 2.05) is 19.9 Å². The summed E-state index contributed by atoms with van der Waals surface area (Å²) in [4.78, 5) is 3.92. The van der Waals surface area contributed by atoms with Crippen LogP contribution in [-0.2, 0) is 0 Å². The third-order valence-electron chi connectivity index (χ3n) is 0.811. The Labute approximate surface area is 67.1 Å². The summed E-state index contributed by atoms with van der Waals surface area (Å²) in [6.07, 6.45) is 4.18. The molecular weight excluding hydrogens is 146 g/mol. The van der Waals surface area contributed by atoms with Crippen LogP contribution in [0.25, 0.3) is 0 Å². The highest BCUT2D eigenvalue weighted by molar-refractivity contribution is 6.65. The first kappa shape index (κ1) is 9.44. The highest BCUT2D eigenvalue weighted by Crippen LogP contribution is 2.01. The van der Waals surface area contributed by atoms with E-state index in [-0.39, 0.29) is 0 Å². The third kappa shape index (κ3) is 5.57. The van der Waals surface area contributed by atoms with E-state index >= 15 is 0 Å². The largest absolute Gasteiger partial charge is 0.249 e. The minimum absolute atomic E-state index is 0.589. The molecule has 1 nitrogen and oxygen atoms in total. The molecule has 56 valence electrons. The first-order valence-electron chi connectivity index (χ1n) is 3.14. The molecule has 0 aromatic carbocycles. The molecule has 0 saturated carbocycles. The molecule has 0 N–H and O–H groups in total. The van der Waals surface area contributed by atoms with Gasteiger partial charge in [0, 0.05) is 12.6 Å². The second-order valence-electron chi connectivity index (χ2n) is 2.12. The van der Waals surface area contributed by atoms with Gasteiger partial charge < -0.3 is 0 Å². The second-order valence-corrected chi connectivity index (χ2v) is 2.56. The van der Waals surface area contributed by atoms with Crippen molar-refractivity contribution >= 4 is 16.8 Å². The molecule has 0 spiro atoms. The Morgan fingerprint density at radius 1 is 1.70 bits per heavy atom. The fourth-order valence-electron chi connectivity index (χ4n) is 0.450. The van der Waals surface area contributed by atoms with Crippen LogP contribution < -0.4 is 0 Å². The molecule has 0 bridgehead atoms. The van der Waals surface area contributed by atoms with Gasteiger partial charge in [-0.25, -0.2) is 4.99 Å². The normalized spacial score (nSPS) is 12.5. The first-order chi connectivity index (χ1) is 4.66. The maximum atomic E-state index is 5.69. The van der Waals surface area contributed by atoms with E-state index in [9.17, 15) is 0 Å². The van der Waals surface area contributed by atoms with Crippen LogP contribution in [0.1, 0.15) is 20.3 Å². The summed E-state index contributed by atoms with van der Waals surface area (Å²) in [5.74, 6) is 0. The van der Waals surface area contributed by atoms with E-state index in [4.69, 9.17) is 11.6 Å². The van der Waals surface area contributed by atoms with Crippen molar-refractivity contribution in [3.8, 4) is 0 Å². The molecule has 0 aliphatic rings. The number of aliphatic imine (C=N–C) groups is 1. The zero-order chi connectivity index (χ0) is 7.98. The molecule has 10 heavy (non-hydrogen) atoms. The van der Waals surface area contributed by atoms with Crippen LogP contribution in [0, 0.1) is 0 Å². The van der Waals surface area contributed by atoms with Crippen molar-refractivity contribution in [1.29, 1.82) is 0 Å². The van der Waals surface area contributed by atoms with Crippen molar-refractivity contribution < 1.29 is 0 Å². The highest BCUT2D eigenvalue weighted by atomic mass is 35.5. The zero-order valence-corrected chi connectivity index (χ0v) is 7.15. The maximum Gasteiger partial charge on any atom is 0.110 e. The van der Waals surface area contributed by atoms with E-state index in [0.29, 0.717) is 11.6 Å². The molecule has 0 aromatic heterocycles. The van der Waals surface area contributed by atoms with Gasteiger partial charge in [-0.2, -0.15) is 0 Å². The van der Waals surface area contributed by atoms with E-state index in [0.717, 1.165) is 5.57 Å². The van der Waals surface area contributed by atoms with Crippen molar-refractivity contribution in [2.24, 2.45) is 4.99 Å². The molecule has 2 heteroatoms. The molecule has 0 aliphatic carbocycles. The smallest absolute Gasteiger partial charge is 0.110 e. The lowest BCUT2D eigenvalue weighted by Crippen LogP contribution is -1.85. The number of nitrogens with zero attached hydrogens (tertiary/aromatic N) is 1. The number of hydrogen-bond donors (Lipinski definition) is 0. The highest BCUT2D eigenvalue weighted by Gasteiger charge is 1.91. The lowest BCUT2D eigenvalue weighted by molar-refractivity contribution is 1.29. The summed E-state index contributed by atoms with van der Waals surface area (Å²) in [7, 11) is 0. The standard InChI is InChI=1S/C8H12ClN/c1-4-5-10-8(9)6-7(2)3/h4-5H,2,6H2,1,3H3/b5-4-,10-8?. The van der Waals surface area contributed by atoms with Crippen LogP contribution in [0.15, 0.2) is 29.4 Å². The average molecular weight is 158 g/mol. The van der Waals surface area contributed by atoms with Gasteiger partial charge in [0.1, 0.15) is 5.17 Å². The van der Waals surface area contributed by atoms with Crippen LogP contribution in [0.5, 0.6) is 0 Å². The molecule has 0 aromatic rings. The Morgan fingerprint density at radius 2 is 2.30 bits per heavy atom. The Morgan fingerprint density at radius 3 is 2.70 bits per heavy atom. The summed E-state index contributed by atoms with van der Waals surface area (Å²) in [6.45, 7) is 7.54. The van der Waals surface area contributed by atoms with E-state index < -0.39 is 0 Å². The van der Waals surface area contributed by atoms with Gasteiger partial charge in [-0.15, -0.1) is 0 Å². The van der Waals surface area contributed by atoms with E-state index in [1.54, 1.807) is 6.20 Å². The zero-order valence-electron chi connectivity index (χ0n) is 6.39. The van der Waals surface area contributed by atoms with Gasteiger partial charge in [-0.3, -0.25) is 0 Å². The predicted octanol–water partition coefficient (Wildman–Crippen LogP) is 3.12. The van der Waals surface area contributed by atoms with Crippen LogP contribution in [0.4, 0.5) is 0 Å². The van der Waals surface area contributed by atoms with Crippen LogP contribution >= 0.6 is 11.6 Å². The summed E-state index contributed by atoms with van der Waals surface area (Å²) < 4.78 is 0. The first-order valence-corrected chi connectivity index (χ1v) is 3.52. The molecular formula is C8H12ClN. The lowest BCUT2D eigenvalue weighted by Gasteiger charge is -1.92. The molecule has 0 rings (SSSR count). The molecule has 0 amide bonds. The Hall–Kier alpha value is -0.560. The third-order valence-corrected chi connectivity index (χ3v) is 1.04. The van der Waals surface area contributed by atoms with Crippen LogP contribution in [0.2, 0.25) is 0 Å². The quantitative estimate of drug-likeness (QED) is 0.441. The number of rotatable bonds is 3. The van der Waals surface area contributed by atoms with Crippen molar-refractivity contribution in [3.63, 3.8) is 0 Å². The van der Waals surface area contributed by atoms with Crippen molar-refractivity contribution in [2.45, 2.75) is 20.3 Å². The molecule has 0 radical (unpaired) electrons.